The Balaban J connectivity index is 1.85. The van der Waals surface area contributed by atoms with E-state index in [9.17, 15) is 27.6 Å². The third kappa shape index (κ3) is 7.22. The molecule has 0 unspecified atom stereocenters. The number of nitrogens with zero attached hydrogens (tertiary/aromatic N) is 1. The lowest BCUT2D eigenvalue weighted by atomic mass is 10.1. The number of carbonyl (C=O) groups is 4. The summed E-state index contributed by atoms with van der Waals surface area (Å²) < 4.78 is 31.2. The van der Waals surface area contributed by atoms with Crippen molar-refractivity contribution in [1.82, 2.24) is 9.62 Å². The molecule has 0 spiro atoms. The number of sulfonamides is 1. The molecule has 2 rings (SSSR count). The van der Waals surface area contributed by atoms with Gasteiger partial charge in [0.15, 0.2) is 12.4 Å². The number of rotatable bonds is 11. The monoisotopic (exact) mass is 489 g/mol. The summed E-state index contributed by atoms with van der Waals surface area (Å²) in [6, 6.07) is 11.5. The van der Waals surface area contributed by atoms with E-state index >= 15 is 0 Å². The van der Waals surface area contributed by atoms with Crippen molar-refractivity contribution >= 4 is 39.3 Å². The standard InChI is InChI=1S/C23H27N3O7S/c1-4-26(5-2)34(31,32)20-12-8-18(9-13-20)23(30)24-14-22(29)33-15-21(28)17-6-10-19(11-7-17)25-16(3)27/h6-13H,4-5,14-15H2,1-3H3,(H,24,30)(H,25,27). The fourth-order valence-electron chi connectivity index (χ4n) is 2.97. The molecule has 0 aliphatic carbocycles. The Hall–Kier alpha value is -3.57. The molecule has 182 valence electrons. The summed E-state index contributed by atoms with van der Waals surface area (Å²) in [7, 11) is -3.64. The number of hydrogen-bond donors (Lipinski definition) is 2. The highest BCUT2D eigenvalue weighted by Gasteiger charge is 2.21. The Morgan fingerprint density at radius 1 is 0.882 bits per heavy atom. The fraction of sp³-hybridized carbons (Fsp3) is 0.304. The van der Waals surface area contributed by atoms with Crippen molar-refractivity contribution < 1.29 is 32.3 Å². The number of ether oxygens (including phenoxy) is 1. The molecule has 10 nitrogen and oxygen atoms in total. The molecule has 2 aromatic rings. The van der Waals surface area contributed by atoms with Crippen LogP contribution < -0.4 is 10.6 Å². The lowest BCUT2D eigenvalue weighted by Gasteiger charge is -2.18. The summed E-state index contributed by atoms with van der Waals surface area (Å²) >= 11 is 0. The number of esters is 1. The van der Waals surface area contributed by atoms with Crippen LogP contribution in [0.1, 0.15) is 41.5 Å². The number of benzene rings is 2. The second-order valence-corrected chi connectivity index (χ2v) is 9.08. The zero-order valence-electron chi connectivity index (χ0n) is 19.2. The highest BCUT2D eigenvalue weighted by Crippen LogP contribution is 2.16. The first-order valence-electron chi connectivity index (χ1n) is 10.5. The highest BCUT2D eigenvalue weighted by molar-refractivity contribution is 7.89. The van der Waals surface area contributed by atoms with Crippen LogP contribution in [0, 0.1) is 0 Å². The van der Waals surface area contributed by atoms with Crippen LogP contribution in [0.4, 0.5) is 5.69 Å². The Morgan fingerprint density at radius 2 is 1.44 bits per heavy atom. The fourth-order valence-corrected chi connectivity index (χ4v) is 4.43. The van der Waals surface area contributed by atoms with Gasteiger partial charge in [0.25, 0.3) is 5.91 Å². The molecule has 0 aromatic heterocycles. The number of anilines is 1. The quantitative estimate of drug-likeness (QED) is 0.363. The smallest absolute Gasteiger partial charge is 0.325 e. The van der Waals surface area contributed by atoms with Crippen molar-refractivity contribution in [1.29, 1.82) is 0 Å². The van der Waals surface area contributed by atoms with Crippen LogP contribution >= 0.6 is 0 Å². The van der Waals surface area contributed by atoms with Crippen molar-refractivity contribution in [2.45, 2.75) is 25.7 Å². The minimum absolute atomic E-state index is 0.0655. The molecular weight excluding hydrogens is 462 g/mol. The van der Waals surface area contributed by atoms with Crippen LogP contribution in [0.3, 0.4) is 0 Å². The van der Waals surface area contributed by atoms with E-state index in [2.05, 4.69) is 10.6 Å². The summed E-state index contributed by atoms with van der Waals surface area (Å²) in [5.41, 5.74) is 0.995. The van der Waals surface area contributed by atoms with Gasteiger partial charge < -0.3 is 15.4 Å². The molecule has 0 saturated heterocycles. The average molecular weight is 490 g/mol. The third-order valence-corrected chi connectivity index (χ3v) is 6.81. The van der Waals surface area contributed by atoms with Crippen LogP contribution in [0.2, 0.25) is 0 Å². The predicted molar refractivity (Wildman–Crippen MR) is 125 cm³/mol. The molecule has 0 heterocycles. The molecule has 0 fully saturated rings. The zero-order chi connectivity index (χ0) is 25.3. The SMILES string of the molecule is CCN(CC)S(=O)(=O)c1ccc(C(=O)NCC(=O)OCC(=O)c2ccc(NC(C)=O)cc2)cc1. The molecule has 2 N–H and O–H groups in total. The number of Topliss-reactive ketones (excluding diaryl/α,β-unsaturated/α-hetero) is 1. The number of ketones is 1. The van der Waals surface area contributed by atoms with Gasteiger partial charge in [0, 0.05) is 36.8 Å². The van der Waals surface area contributed by atoms with Crippen molar-refractivity contribution in [2.75, 3.05) is 31.6 Å². The molecule has 0 atom stereocenters. The zero-order valence-corrected chi connectivity index (χ0v) is 20.0. The third-order valence-electron chi connectivity index (χ3n) is 4.74. The van der Waals surface area contributed by atoms with E-state index in [1.807, 2.05) is 0 Å². The van der Waals surface area contributed by atoms with Gasteiger partial charge in [-0.15, -0.1) is 0 Å². The topological polar surface area (TPSA) is 139 Å². The number of amides is 2. The minimum Gasteiger partial charge on any atom is -0.456 e. The Morgan fingerprint density at radius 3 is 1.97 bits per heavy atom. The molecule has 2 aromatic carbocycles. The van der Waals surface area contributed by atoms with Gasteiger partial charge >= 0.3 is 5.97 Å². The lowest BCUT2D eigenvalue weighted by molar-refractivity contribution is -0.141. The largest absolute Gasteiger partial charge is 0.456 e. The van der Waals surface area contributed by atoms with E-state index in [1.165, 1.54) is 47.6 Å². The number of nitrogens with one attached hydrogen (secondary N) is 2. The van der Waals surface area contributed by atoms with Crippen molar-refractivity contribution in [3.05, 3.63) is 59.7 Å². The van der Waals surface area contributed by atoms with E-state index in [0.29, 0.717) is 24.3 Å². The van der Waals surface area contributed by atoms with E-state index in [-0.39, 0.29) is 16.4 Å². The summed E-state index contributed by atoms with van der Waals surface area (Å²) in [5.74, 6) is -2.09. The molecule has 0 aliphatic rings. The normalized spacial score (nSPS) is 11.1. The van der Waals surface area contributed by atoms with Crippen molar-refractivity contribution in [3.8, 4) is 0 Å². The van der Waals surface area contributed by atoms with Gasteiger partial charge in [-0.2, -0.15) is 4.31 Å². The van der Waals surface area contributed by atoms with Gasteiger partial charge in [0.2, 0.25) is 15.9 Å². The van der Waals surface area contributed by atoms with Crippen LogP contribution in [0.25, 0.3) is 0 Å². The van der Waals surface area contributed by atoms with Crippen molar-refractivity contribution in [2.24, 2.45) is 0 Å². The Kier molecular flexibility index (Phi) is 9.46. The second kappa shape index (κ2) is 12.1. The number of hydrogen-bond acceptors (Lipinski definition) is 7. The molecule has 34 heavy (non-hydrogen) atoms. The molecule has 11 heteroatoms. The summed E-state index contributed by atoms with van der Waals surface area (Å²) in [4.78, 5) is 47.4. The summed E-state index contributed by atoms with van der Waals surface area (Å²) in [6.07, 6.45) is 0. The van der Waals surface area contributed by atoms with Gasteiger partial charge in [-0.1, -0.05) is 13.8 Å². The van der Waals surface area contributed by atoms with E-state index in [0.717, 1.165) is 0 Å². The number of carbonyl (C=O) groups excluding carboxylic acids is 4. The molecule has 0 saturated carbocycles. The van der Waals surface area contributed by atoms with Crippen LogP contribution in [-0.2, 0) is 24.3 Å². The highest BCUT2D eigenvalue weighted by atomic mass is 32.2. The molecular formula is C23H27N3O7S. The van der Waals surface area contributed by atoms with E-state index in [4.69, 9.17) is 4.74 Å². The minimum atomic E-state index is -3.64. The molecule has 2 amide bonds. The van der Waals surface area contributed by atoms with Gasteiger partial charge in [-0.3, -0.25) is 19.2 Å². The van der Waals surface area contributed by atoms with Crippen LogP contribution in [-0.4, -0.2) is 62.5 Å². The Labute approximate surface area is 198 Å². The second-order valence-electron chi connectivity index (χ2n) is 7.14. The summed E-state index contributed by atoms with van der Waals surface area (Å²) in [5, 5.41) is 4.94. The maximum absolute atomic E-state index is 12.5. The molecule has 0 radical (unpaired) electrons. The maximum Gasteiger partial charge on any atom is 0.325 e. The average Bonchev–Trinajstić information content (AvgIpc) is 2.81. The van der Waals surface area contributed by atoms with E-state index < -0.39 is 40.8 Å². The lowest BCUT2D eigenvalue weighted by Crippen LogP contribution is -2.32. The van der Waals surface area contributed by atoms with Crippen LogP contribution in [0.5, 0.6) is 0 Å². The van der Waals surface area contributed by atoms with Gasteiger partial charge in [-0.25, -0.2) is 8.42 Å². The van der Waals surface area contributed by atoms with Gasteiger partial charge in [0.1, 0.15) is 6.54 Å². The first-order valence-corrected chi connectivity index (χ1v) is 12.0. The van der Waals surface area contributed by atoms with Gasteiger partial charge in [0.05, 0.1) is 4.90 Å². The Bertz CT molecular complexity index is 1140. The first kappa shape index (κ1) is 26.7. The van der Waals surface area contributed by atoms with Gasteiger partial charge in [-0.05, 0) is 48.5 Å². The van der Waals surface area contributed by atoms with Crippen LogP contribution in [0.15, 0.2) is 53.4 Å². The predicted octanol–water partition coefficient (Wildman–Crippen LogP) is 1.83. The first-order chi connectivity index (χ1) is 16.1. The maximum atomic E-state index is 12.5. The van der Waals surface area contributed by atoms with E-state index in [1.54, 1.807) is 26.0 Å². The molecule has 0 aliphatic heterocycles. The van der Waals surface area contributed by atoms with Crippen molar-refractivity contribution in [3.63, 3.8) is 0 Å². The molecule has 0 bridgehead atoms. The summed E-state index contributed by atoms with van der Waals surface area (Å²) in [6.45, 7) is 4.52.